The number of hydrogen-bond donors (Lipinski definition) is 0. The lowest BCUT2D eigenvalue weighted by atomic mass is 9.97. The number of nitro benzene ring substituents is 1. The van der Waals surface area contributed by atoms with Crippen molar-refractivity contribution < 1.29 is 14.5 Å². The molecule has 0 bridgehead atoms. The minimum atomic E-state index is -0.378. The minimum Gasteiger partial charge on any atom is -0.469 e. The average Bonchev–Trinajstić information content (AvgIpc) is 2.46. The first-order valence-corrected chi connectivity index (χ1v) is 6.60. The molecule has 0 N–H and O–H groups in total. The second-order valence-corrected chi connectivity index (χ2v) is 5.06. The van der Waals surface area contributed by atoms with Crippen molar-refractivity contribution in [3.8, 4) is 0 Å². The molecule has 6 nitrogen and oxygen atoms in total. The highest BCUT2D eigenvalue weighted by molar-refractivity contribution is 5.74. The summed E-state index contributed by atoms with van der Waals surface area (Å²) in [7, 11) is 1.37. The van der Waals surface area contributed by atoms with Crippen LogP contribution in [0, 0.1) is 23.0 Å². The number of nitro groups is 1. The molecule has 20 heavy (non-hydrogen) atoms. The van der Waals surface area contributed by atoms with Gasteiger partial charge in [0.05, 0.1) is 18.0 Å². The molecular formula is C14H18N2O4. The smallest absolute Gasteiger partial charge is 0.310 e. The van der Waals surface area contributed by atoms with Crippen LogP contribution in [0.3, 0.4) is 0 Å². The minimum absolute atomic E-state index is 0.0844. The number of methoxy groups -OCH3 is 1. The number of benzene rings is 1. The molecule has 1 aliphatic rings. The van der Waals surface area contributed by atoms with Gasteiger partial charge in [-0.1, -0.05) is 6.07 Å². The SMILES string of the molecule is COC(=O)C1CCCN(c2cc(C)ccc2[N+](=O)[O-])C1. The normalized spacial score (nSPS) is 18.7. The van der Waals surface area contributed by atoms with Crippen LogP contribution in [-0.4, -0.2) is 31.1 Å². The third-order valence-electron chi connectivity index (χ3n) is 3.62. The summed E-state index contributed by atoms with van der Waals surface area (Å²) in [5.41, 5.74) is 1.63. The number of esters is 1. The lowest BCUT2D eigenvalue weighted by Gasteiger charge is -2.32. The van der Waals surface area contributed by atoms with E-state index in [1.165, 1.54) is 13.2 Å². The Balaban J connectivity index is 2.28. The third kappa shape index (κ3) is 2.89. The number of piperidine rings is 1. The molecular weight excluding hydrogens is 260 g/mol. The molecule has 0 spiro atoms. The summed E-state index contributed by atoms with van der Waals surface area (Å²) < 4.78 is 4.78. The van der Waals surface area contributed by atoms with Crippen molar-refractivity contribution in [1.29, 1.82) is 0 Å². The quantitative estimate of drug-likeness (QED) is 0.482. The van der Waals surface area contributed by atoms with Crippen LogP contribution in [0.4, 0.5) is 11.4 Å². The van der Waals surface area contributed by atoms with Gasteiger partial charge in [-0.15, -0.1) is 0 Å². The Bertz CT molecular complexity index is 530. The third-order valence-corrected chi connectivity index (χ3v) is 3.62. The maximum absolute atomic E-state index is 11.6. The fourth-order valence-electron chi connectivity index (χ4n) is 2.60. The van der Waals surface area contributed by atoms with Crippen molar-refractivity contribution in [3.63, 3.8) is 0 Å². The zero-order valence-corrected chi connectivity index (χ0v) is 11.7. The summed E-state index contributed by atoms with van der Waals surface area (Å²) >= 11 is 0. The van der Waals surface area contributed by atoms with Gasteiger partial charge >= 0.3 is 5.97 Å². The topological polar surface area (TPSA) is 72.7 Å². The number of nitrogens with zero attached hydrogens (tertiary/aromatic N) is 2. The van der Waals surface area contributed by atoms with Crippen LogP contribution in [-0.2, 0) is 9.53 Å². The van der Waals surface area contributed by atoms with Crippen LogP contribution in [0.2, 0.25) is 0 Å². The van der Waals surface area contributed by atoms with E-state index < -0.39 is 0 Å². The van der Waals surface area contributed by atoms with E-state index in [0.29, 0.717) is 12.2 Å². The number of carbonyl (C=O) groups is 1. The van der Waals surface area contributed by atoms with Crippen LogP contribution < -0.4 is 4.90 Å². The van der Waals surface area contributed by atoms with E-state index in [2.05, 4.69) is 0 Å². The molecule has 1 unspecified atom stereocenters. The van der Waals surface area contributed by atoms with Crippen LogP contribution in [0.5, 0.6) is 0 Å². The van der Waals surface area contributed by atoms with E-state index in [9.17, 15) is 14.9 Å². The van der Waals surface area contributed by atoms with Crippen LogP contribution in [0.1, 0.15) is 18.4 Å². The van der Waals surface area contributed by atoms with Crippen molar-refractivity contribution >= 4 is 17.3 Å². The second kappa shape index (κ2) is 5.90. The van der Waals surface area contributed by atoms with Gasteiger partial charge in [0.1, 0.15) is 5.69 Å². The summed E-state index contributed by atoms with van der Waals surface area (Å²) in [5.74, 6) is -0.459. The largest absolute Gasteiger partial charge is 0.469 e. The van der Waals surface area contributed by atoms with E-state index in [0.717, 1.165) is 24.9 Å². The maximum Gasteiger partial charge on any atom is 0.310 e. The number of ether oxygens (including phenoxy) is 1. The fourth-order valence-corrected chi connectivity index (χ4v) is 2.60. The first-order chi connectivity index (χ1) is 9.52. The van der Waals surface area contributed by atoms with Crippen molar-refractivity contribution in [1.82, 2.24) is 0 Å². The van der Waals surface area contributed by atoms with E-state index >= 15 is 0 Å². The molecule has 0 amide bonds. The summed E-state index contributed by atoms with van der Waals surface area (Å²) in [6, 6.07) is 5.05. The van der Waals surface area contributed by atoms with Gasteiger partial charge in [-0.25, -0.2) is 0 Å². The molecule has 0 aromatic heterocycles. The Hall–Kier alpha value is -2.11. The van der Waals surface area contributed by atoms with Crippen molar-refractivity contribution in [2.45, 2.75) is 19.8 Å². The first kappa shape index (κ1) is 14.3. The zero-order chi connectivity index (χ0) is 14.7. The molecule has 1 atom stereocenters. The summed E-state index contributed by atoms with van der Waals surface area (Å²) in [4.78, 5) is 24.3. The lowest BCUT2D eigenvalue weighted by molar-refractivity contribution is -0.384. The average molecular weight is 278 g/mol. The molecule has 2 rings (SSSR count). The van der Waals surface area contributed by atoms with Gasteiger partial charge in [-0.3, -0.25) is 14.9 Å². The Morgan fingerprint density at radius 2 is 2.25 bits per heavy atom. The Morgan fingerprint density at radius 3 is 2.90 bits per heavy atom. The Morgan fingerprint density at radius 1 is 1.50 bits per heavy atom. The van der Waals surface area contributed by atoms with E-state index in [1.807, 2.05) is 11.8 Å². The summed E-state index contributed by atoms with van der Waals surface area (Å²) in [5, 5.41) is 11.1. The standard InChI is InChI=1S/C14H18N2O4/c1-10-5-6-12(16(18)19)13(8-10)15-7-3-4-11(9-15)14(17)20-2/h5-6,8,11H,3-4,7,9H2,1-2H3. The lowest BCUT2D eigenvalue weighted by Crippen LogP contribution is -2.39. The van der Waals surface area contributed by atoms with Gasteiger partial charge in [0, 0.05) is 19.2 Å². The number of carbonyl (C=O) groups excluding carboxylic acids is 1. The second-order valence-electron chi connectivity index (χ2n) is 5.06. The van der Waals surface area contributed by atoms with Gasteiger partial charge < -0.3 is 9.64 Å². The van der Waals surface area contributed by atoms with Gasteiger partial charge in [-0.05, 0) is 31.4 Å². The highest BCUT2D eigenvalue weighted by Gasteiger charge is 2.29. The van der Waals surface area contributed by atoms with Crippen molar-refractivity contribution in [3.05, 3.63) is 33.9 Å². The number of hydrogen-bond acceptors (Lipinski definition) is 5. The van der Waals surface area contributed by atoms with E-state index in [1.54, 1.807) is 12.1 Å². The maximum atomic E-state index is 11.6. The van der Waals surface area contributed by atoms with Gasteiger partial charge in [0.25, 0.3) is 5.69 Å². The molecule has 0 radical (unpaired) electrons. The predicted molar refractivity (Wildman–Crippen MR) is 74.8 cm³/mol. The van der Waals surface area contributed by atoms with Crippen LogP contribution >= 0.6 is 0 Å². The molecule has 1 fully saturated rings. The van der Waals surface area contributed by atoms with Crippen LogP contribution in [0.15, 0.2) is 18.2 Å². The number of aryl methyl sites for hydroxylation is 1. The fraction of sp³-hybridized carbons (Fsp3) is 0.500. The number of rotatable bonds is 3. The molecule has 0 aliphatic carbocycles. The zero-order valence-electron chi connectivity index (χ0n) is 11.7. The molecule has 1 heterocycles. The molecule has 108 valence electrons. The summed E-state index contributed by atoms with van der Waals surface area (Å²) in [6.07, 6.45) is 1.59. The molecule has 0 saturated carbocycles. The highest BCUT2D eigenvalue weighted by Crippen LogP contribution is 2.32. The van der Waals surface area contributed by atoms with Gasteiger partial charge in [0.15, 0.2) is 0 Å². The number of anilines is 1. The Kier molecular flexibility index (Phi) is 4.22. The van der Waals surface area contributed by atoms with Gasteiger partial charge in [-0.2, -0.15) is 0 Å². The van der Waals surface area contributed by atoms with Crippen LogP contribution in [0.25, 0.3) is 0 Å². The monoisotopic (exact) mass is 278 g/mol. The molecule has 1 aliphatic heterocycles. The van der Waals surface area contributed by atoms with Crippen molar-refractivity contribution in [2.24, 2.45) is 5.92 Å². The predicted octanol–water partition coefficient (Wildman–Crippen LogP) is 2.29. The van der Waals surface area contributed by atoms with E-state index in [-0.39, 0.29) is 22.5 Å². The summed E-state index contributed by atoms with van der Waals surface area (Å²) in [6.45, 7) is 3.09. The first-order valence-electron chi connectivity index (χ1n) is 6.60. The molecule has 1 saturated heterocycles. The van der Waals surface area contributed by atoms with Gasteiger partial charge in [0.2, 0.25) is 0 Å². The van der Waals surface area contributed by atoms with E-state index in [4.69, 9.17) is 4.74 Å². The molecule has 6 heteroatoms. The molecule has 1 aromatic rings. The highest BCUT2D eigenvalue weighted by atomic mass is 16.6. The van der Waals surface area contributed by atoms with Crippen molar-refractivity contribution in [2.75, 3.05) is 25.1 Å². The Labute approximate surface area is 117 Å². The molecule has 1 aromatic carbocycles.